The Hall–Kier alpha value is -0.860. The summed E-state index contributed by atoms with van der Waals surface area (Å²) in [6.07, 6.45) is 2.86. The van der Waals surface area contributed by atoms with Gasteiger partial charge in [-0.15, -0.1) is 0 Å². The van der Waals surface area contributed by atoms with Crippen LogP contribution in [-0.4, -0.2) is 70.3 Å². The fourth-order valence-corrected chi connectivity index (χ4v) is 3.52. The number of guanidine groups is 1. The Kier molecular flexibility index (Phi) is 6.02. The third-order valence-corrected chi connectivity index (χ3v) is 5.29. The average molecular weight is 291 g/mol. The molecule has 1 aliphatic heterocycles. The predicted molar refractivity (Wildman–Crippen MR) is 77.4 cm³/mol. The zero-order valence-electron chi connectivity index (χ0n) is 12.2. The summed E-state index contributed by atoms with van der Waals surface area (Å²) in [6, 6.07) is -0.0220. The van der Waals surface area contributed by atoms with Crippen LogP contribution in [0.1, 0.15) is 19.3 Å². The van der Waals surface area contributed by atoms with Gasteiger partial charge in [0.05, 0.1) is 0 Å². The number of aliphatic imine (C=N–C) groups is 1. The Balaban J connectivity index is 2.74. The van der Waals surface area contributed by atoms with Crippen molar-refractivity contribution in [3.05, 3.63) is 0 Å². The van der Waals surface area contributed by atoms with E-state index in [9.17, 15) is 8.42 Å². The lowest BCUT2D eigenvalue weighted by Crippen LogP contribution is -2.53. The molecule has 0 amide bonds. The van der Waals surface area contributed by atoms with Crippen molar-refractivity contribution < 1.29 is 8.42 Å². The van der Waals surface area contributed by atoms with Crippen LogP contribution in [0.3, 0.4) is 0 Å². The largest absolute Gasteiger partial charge is 0.359 e. The molecular formula is C11H25N5O2S. The standard InChI is InChI=1S/C11H25N5O2S/c1-12-11(13-2)14-9-10-7-5-6-8-16(10)19(17,18)15(3)4/h10H,5-9H2,1-4H3,(H2,12,13,14). The van der Waals surface area contributed by atoms with Gasteiger partial charge in [0.15, 0.2) is 5.96 Å². The molecule has 0 radical (unpaired) electrons. The first kappa shape index (κ1) is 16.2. The third-order valence-electron chi connectivity index (χ3n) is 3.30. The van der Waals surface area contributed by atoms with E-state index in [1.807, 2.05) is 0 Å². The van der Waals surface area contributed by atoms with Crippen LogP contribution in [-0.2, 0) is 10.2 Å². The topological polar surface area (TPSA) is 77.0 Å². The van der Waals surface area contributed by atoms with Crippen molar-refractivity contribution in [2.75, 3.05) is 41.3 Å². The smallest absolute Gasteiger partial charge is 0.281 e. The number of hydrogen-bond acceptors (Lipinski definition) is 3. The highest BCUT2D eigenvalue weighted by atomic mass is 32.2. The first-order chi connectivity index (χ1) is 8.93. The SMILES string of the molecule is CN=C(NC)NCC1CCCCN1S(=O)(=O)N(C)C. The highest BCUT2D eigenvalue weighted by molar-refractivity contribution is 7.86. The Morgan fingerprint density at radius 3 is 2.63 bits per heavy atom. The van der Waals surface area contributed by atoms with E-state index >= 15 is 0 Å². The lowest BCUT2D eigenvalue weighted by Gasteiger charge is -2.36. The van der Waals surface area contributed by atoms with Crippen LogP contribution in [0.2, 0.25) is 0 Å². The Morgan fingerprint density at radius 2 is 2.11 bits per heavy atom. The number of nitrogens with zero attached hydrogens (tertiary/aromatic N) is 3. The fourth-order valence-electron chi connectivity index (χ4n) is 2.19. The van der Waals surface area contributed by atoms with Crippen molar-refractivity contribution in [1.29, 1.82) is 0 Å². The maximum absolute atomic E-state index is 12.3. The van der Waals surface area contributed by atoms with Gasteiger partial charge in [-0.1, -0.05) is 6.42 Å². The van der Waals surface area contributed by atoms with Crippen molar-refractivity contribution in [1.82, 2.24) is 19.2 Å². The summed E-state index contributed by atoms with van der Waals surface area (Å²) in [4.78, 5) is 4.03. The normalized spacial score (nSPS) is 22.6. The van der Waals surface area contributed by atoms with Crippen molar-refractivity contribution in [2.45, 2.75) is 25.3 Å². The maximum atomic E-state index is 12.3. The first-order valence-corrected chi connectivity index (χ1v) is 7.91. The average Bonchev–Trinajstić information content (AvgIpc) is 2.40. The third kappa shape index (κ3) is 4.05. The molecule has 0 bridgehead atoms. The van der Waals surface area contributed by atoms with E-state index in [4.69, 9.17) is 0 Å². The molecule has 0 aromatic rings. The van der Waals surface area contributed by atoms with Crippen LogP contribution in [0.5, 0.6) is 0 Å². The number of nitrogens with one attached hydrogen (secondary N) is 2. The number of rotatable bonds is 4. The predicted octanol–water partition coefficient (Wildman–Crippen LogP) is -0.558. The van der Waals surface area contributed by atoms with Crippen molar-refractivity contribution in [3.63, 3.8) is 0 Å². The van der Waals surface area contributed by atoms with Gasteiger partial charge in [0, 0.05) is 47.3 Å². The molecule has 1 unspecified atom stereocenters. The monoisotopic (exact) mass is 291 g/mol. The number of hydrogen-bond donors (Lipinski definition) is 2. The zero-order valence-corrected chi connectivity index (χ0v) is 13.0. The van der Waals surface area contributed by atoms with Crippen molar-refractivity contribution >= 4 is 16.2 Å². The van der Waals surface area contributed by atoms with Crippen LogP contribution in [0, 0.1) is 0 Å². The molecule has 1 aliphatic rings. The van der Waals surface area contributed by atoms with Crippen molar-refractivity contribution in [3.8, 4) is 0 Å². The summed E-state index contributed by atoms with van der Waals surface area (Å²) >= 11 is 0. The minimum Gasteiger partial charge on any atom is -0.359 e. The van der Waals surface area contributed by atoms with E-state index in [1.165, 1.54) is 4.31 Å². The van der Waals surface area contributed by atoms with E-state index in [-0.39, 0.29) is 6.04 Å². The van der Waals surface area contributed by atoms with Crippen LogP contribution in [0.15, 0.2) is 4.99 Å². The zero-order chi connectivity index (χ0) is 14.5. The molecule has 0 aromatic heterocycles. The van der Waals surface area contributed by atoms with E-state index in [1.54, 1.807) is 32.5 Å². The van der Waals surface area contributed by atoms with Crippen LogP contribution in [0.25, 0.3) is 0 Å². The molecule has 0 spiro atoms. The molecule has 0 saturated carbocycles. The van der Waals surface area contributed by atoms with E-state index < -0.39 is 10.2 Å². The molecule has 0 aliphatic carbocycles. The van der Waals surface area contributed by atoms with Gasteiger partial charge in [-0.05, 0) is 12.8 Å². The Labute approximate surface area is 116 Å². The lowest BCUT2D eigenvalue weighted by molar-refractivity contribution is 0.239. The Morgan fingerprint density at radius 1 is 1.42 bits per heavy atom. The Bertz CT molecular complexity index is 407. The van der Waals surface area contributed by atoms with E-state index in [0.717, 1.165) is 19.3 Å². The van der Waals surface area contributed by atoms with Gasteiger partial charge < -0.3 is 10.6 Å². The molecule has 1 fully saturated rings. The molecular weight excluding hydrogens is 266 g/mol. The van der Waals surface area contributed by atoms with Crippen LogP contribution in [0.4, 0.5) is 0 Å². The van der Waals surface area contributed by atoms with E-state index in [2.05, 4.69) is 15.6 Å². The first-order valence-electron chi connectivity index (χ1n) is 6.51. The van der Waals surface area contributed by atoms with Gasteiger partial charge in [-0.3, -0.25) is 4.99 Å². The van der Waals surface area contributed by atoms with Gasteiger partial charge in [-0.2, -0.15) is 17.0 Å². The molecule has 1 heterocycles. The minimum atomic E-state index is -3.34. The van der Waals surface area contributed by atoms with Gasteiger partial charge in [-0.25, -0.2) is 0 Å². The fraction of sp³-hybridized carbons (Fsp3) is 0.909. The molecule has 19 heavy (non-hydrogen) atoms. The van der Waals surface area contributed by atoms with Gasteiger partial charge >= 0.3 is 0 Å². The minimum absolute atomic E-state index is 0.0220. The van der Waals surface area contributed by atoms with Gasteiger partial charge in [0.1, 0.15) is 0 Å². The molecule has 112 valence electrons. The van der Waals surface area contributed by atoms with Crippen LogP contribution >= 0.6 is 0 Å². The quantitative estimate of drug-likeness (QED) is 0.538. The summed E-state index contributed by atoms with van der Waals surface area (Å²) in [6.45, 7) is 1.16. The molecule has 8 heteroatoms. The summed E-state index contributed by atoms with van der Waals surface area (Å²) in [5, 5.41) is 6.07. The highest BCUT2D eigenvalue weighted by Crippen LogP contribution is 2.21. The molecule has 0 aromatic carbocycles. The summed E-state index contributed by atoms with van der Waals surface area (Å²) in [5.74, 6) is 0.674. The molecule has 7 nitrogen and oxygen atoms in total. The highest BCUT2D eigenvalue weighted by Gasteiger charge is 2.33. The molecule has 1 saturated heterocycles. The summed E-state index contributed by atoms with van der Waals surface area (Å²) < 4.78 is 27.4. The van der Waals surface area contributed by atoms with Gasteiger partial charge in [0.25, 0.3) is 10.2 Å². The summed E-state index contributed by atoms with van der Waals surface area (Å²) in [5.41, 5.74) is 0. The second kappa shape index (κ2) is 7.06. The van der Waals surface area contributed by atoms with Crippen molar-refractivity contribution in [2.24, 2.45) is 4.99 Å². The summed E-state index contributed by atoms with van der Waals surface area (Å²) in [7, 11) is 3.27. The van der Waals surface area contributed by atoms with E-state index in [0.29, 0.717) is 19.0 Å². The van der Waals surface area contributed by atoms with Crippen LogP contribution < -0.4 is 10.6 Å². The lowest BCUT2D eigenvalue weighted by atomic mass is 10.1. The molecule has 1 rings (SSSR count). The maximum Gasteiger partial charge on any atom is 0.281 e. The second-order valence-electron chi connectivity index (χ2n) is 4.75. The second-order valence-corrected chi connectivity index (χ2v) is 6.85. The number of piperidine rings is 1. The molecule has 1 atom stereocenters. The van der Waals surface area contributed by atoms with Gasteiger partial charge in [0.2, 0.25) is 0 Å². The molecule has 2 N–H and O–H groups in total.